The third-order valence-electron chi connectivity index (χ3n) is 4.46. The van der Waals surface area contributed by atoms with Crippen molar-refractivity contribution in [1.29, 1.82) is 5.26 Å². The Hall–Kier alpha value is -1.12. The maximum atomic E-state index is 9.19. The van der Waals surface area contributed by atoms with Gasteiger partial charge in [-0.3, -0.25) is 15.2 Å². The van der Waals surface area contributed by atoms with Crippen molar-refractivity contribution < 1.29 is 4.74 Å². The lowest BCUT2D eigenvalue weighted by molar-refractivity contribution is 0.0142. The molecule has 1 heterocycles. The molecule has 0 bridgehead atoms. The fourth-order valence-electron chi connectivity index (χ4n) is 3.59. The smallest absolute Gasteiger partial charge is 0.182 e. The van der Waals surface area contributed by atoms with Crippen LogP contribution >= 0.6 is 0 Å². The Bertz CT molecular complexity index is 391. The molecule has 1 aliphatic carbocycles. The van der Waals surface area contributed by atoms with E-state index in [0.29, 0.717) is 5.92 Å². The zero-order valence-electron chi connectivity index (χ0n) is 14.3. The van der Waals surface area contributed by atoms with Crippen LogP contribution in [0.4, 0.5) is 0 Å². The van der Waals surface area contributed by atoms with Gasteiger partial charge in [0.15, 0.2) is 6.19 Å². The molecule has 2 fully saturated rings. The fraction of sp³-hybridized carbons (Fsp3) is 0.882. The molecule has 1 aliphatic heterocycles. The van der Waals surface area contributed by atoms with Crippen LogP contribution in [0.3, 0.4) is 0 Å². The summed E-state index contributed by atoms with van der Waals surface area (Å²) in [5, 5.41) is 12.1. The monoisotopic (exact) mass is 306 g/mol. The normalized spacial score (nSPS) is 23.8. The summed E-state index contributed by atoms with van der Waals surface area (Å²) in [6.45, 7) is 9.67. The van der Waals surface area contributed by atoms with Crippen molar-refractivity contribution >= 4 is 5.84 Å². The molecule has 22 heavy (non-hydrogen) atoms. The van der Waals surface area contributed by atoms with E-state index in [9.17, 15) is 5.26 Å². The van der Waals surface area contributed by atoms with Crippen LogP contribution in [-0.4, -0.2) is 48.6 Å². The molecule has 0 radical (unpaired) electrons. The maximum absolute atomic E-state index is 9.19. The second-order valence-electron chi connectivity index (χ2n) is 7.40. The largest absolute Gasteiger partial charge is 0.379 e. The number of hydrogen-bond donors (Lipinski definition) is 1. The Kier molecular flexibility index (Phi) is 6.22. The van der Waals surface area contributed by atoms with Gasteiger partial charge in [-0.15, -0.1) is 0 Å². The summed E-state index contributed by atoms with van der Waals surface area (Å²) in [6, 6.07) is 0.225. The van der Waals surface area contributed by atoms with E-state index in [1.807, 2.05) is 0 Å². The Morgan fingerprint density at radius 3 is 2.41 bits per heavy atom. The molecular formula is C17H30N4O. The minimum Gasteiger partial charge on any atom is -0.379 e. The van der Waals surface area contributed by atoms with Gasteiger partial charge >= 0.3 is 0 Å². The van der Waals surface area contributed by atoms with Crippen molar-refractivity contribution in [3.05, 3.63) is 0 Å². The minimum absolute atomic E-state index is 0.182. The van der Waals surface area contributed by atoms with E-state index < -0.39 is 0 Å². The molecule has 1 N–H and O–H groups in total. The molecule has 2 aliphatic rings. The van der Waals surface area contributed by atoms with Crippen molar-refractivity contribution in [2.75, 3.05) is 26.3 Å². The quantitative estimate of drug-likeness (QED) is 0.377. The molecule has 5 nitrogen and oxygen atoms in total. The van der Waals surface area contributed by atoms with E-state index in [1.54, 1.807) is 0 Å². The van der Waals surface area contributed by atoms with Crippen LogP contribution in [0.5, 0.6) is 0 Å². The predicted octanol–water partition coefficient (Wildman–Crippen LogP) is 2.54. The summed E-state index contributed by atoms with van der Waals surface area (Å²) >= 11 is 0. The van der Waals surface area contributed by atoms with Crippen molar-refractivity contribution in [1.82, 2.24) is 10.2 Å². The summed E-state index contributed by atoms with van der Waals surface area (Å²) in [4.78, 5) is 7.32. The SMILES string of the molecule is CC(C)(C)N=C(NC#N)C(C1CCCCC1)N1CCOCC1. The predicted molar refractivity (Wildman–Crippen MR) is 88.7 cm³/mol. The van der Waals surface area contributed by atoms with Gasteiger partial charge in [0.2, 0.25) is 0 Å². The number of ether oxygens (including phenoxy) is 1. The van der Waals surface area contributed by atoms with Gasteiger partial charge in [0.05, 0.1) is 24.8 Å². The summed E-state index contributed by atoms with van der Waals surface area (Å²) in [7, 11) is 0. The number of nitriles is 1. The molecule has 5 heteroatoms. The fourth-order valence-corrected chi connectivity index (χ4v) is 3.59. The van der Waals surface area contributed by atoms with E-state index in [2.05, 4.69) is 37.2 Å². The van der Waals surface area contributed by atoms with Crippen LogP contribution in [0, 0.1) is 17.4 Å². The van der Waals surface area contributed by atoms with Gasteiger partial charge in [0, 0.05) is 13.1 Å². The van der Waals surface area contributed by atoms with Gasteiger partial charge in [-0.2, -0.15) is 5.26 Å². The van der Waals surface area contributed by atoms with Crippen LogP contribution in [0.15, 0.2) is 4.99 Å². The molecular weight excluding hydrogens is 276 g/mol. The first-order valence-corrected chi connectivity index (χ1v) is 8.58. The number of rotatable bonds is 3. The van der Waals surface area contributed by atoms with Crippen LogP contribution in [-0.2, 0) is 4.74 Å². The number of amidine groups is 1. The van der Waals surface area contributed by atoms with Gasteiger partial charge in [-0.1, -0.05) is 19.3 Å². The van der Waals surface area contributed by atoms with Crippen LogP contribution < -0.4 is 5.32 Å². The standard InChI is InChI=1S/C17H30N4O/c1-17(2,3)20-16(19-13-18)15(14-7-5-4-6-8-14)21-9-11-22-12-10-21/h14-15H,4-12H2,1-3H3,(H,19,20). The van der Waals surface area contributed by atoms with Crippen molar-refractivity contribution in [2.45, 2.75) is 64.5 Å². The average Bonchev–Trinajstić information content (AvgIpc) is 2.48. The molecule has 124 valence electrons. The van der Waals surface area contributed by atoms with E-state index in [-0.39, 0.29) is 11.6 Å². The summed E-state index contributed by atoms with van der Waals surface area (Å²) in [5.41, 5.74) is -0.182. The van der Waals surface area contributed by atoms with E-state index >= 15 is 0 Å². The van der Waals surface area contributed by atoms with Crippen molar-refractivity contribution in [3.8, 4) is 6.19 Å². The molecule has 1 unspecified atom stereocenters. The van der Waals surface area contributed by atoms with Gasteiger partial charge in [-0.05, 0) is 39.5 Å². The highest BCUT2D eigenvalue weighted by Gasteiger charge is 2.34. The zero-order chi connectivity index (χ0) is 16.0. The molecule has 2 rings (SSSR count). The van der Waals surface area contributed by atoms with Gasteiger partial charge in [0.1, 0.15) is 5.84 Å². The first-order valence-electron chi connectivity index (χ1n) is 8.58. The Morgan fingerprint density at radius 2 is 1.86 bits per heavy atom. The molecule has 1 atom stereocenters. The third kappa shape index (κ3) is 4.96. The molecule has 0 amide bonds. The molecule has 0 aromatic rings. The molecule has 1 saturated heterocycles. The number of aliphatic imine (C=N–C) groups is 1. The summed E-state index contributed by atoms with van der Waals surface area (Å²) in [5.74, 6) is 1.44. The van der Waals surface area contributed by atoms with E-state index in [0.717, 1.165) is 32.1 Å². The maximum Gasteiger partial charge on any atom is 0.182 e. The zero-order valence-corrected chi connectivity index (χ0v) is 14.3. The minimum atomic E-state index is -0.182. The highest BCUT2D eigenvalue weighted by atomic mass is 16.5. The first-order chi connectivity index (χ1) is 10.5. The average molecular weight is 306 g/mol. The third-order valence-corrected chi connectivity index (χ3v) is 4.46. The molecule has 0 aromatic heterocycles. The van der Waals surface area contributed by atoms with Gasteiger partial charge in [-0.25, -0.2) is 0 Å². The van der Waals surface area contributed by atoms with E-state index in [1.165, 1.54) is 32.1 Å². The second kappa shape index (κ2) is 7.94. The van der Waals surface area contributed by atoms with Crippen LogP contribution in [0.1, 0.15) is 52.9 Å². The lowest BCUT2D eigenvalue weighted by Gasteiger charge is -2.41. The van der Waals surface area contributed by atoms with Crippen molar-refractivity contribution in [2.24, 2.45) is 10.9 Å². The van der Waals surface area contributed by atoms with Crippen LogP contribution in [0.25, 0.3) is 0 Å². The number of hydrogen-bond acceptors (Lipinski definition) is 4. The molecule has 0 spiro atoms. The van der Waals surface area contributed by atoms with Gasteiger partial charge < -0.3 is 4.74 Å². The van der Waals surface area contributed by atoms with Crippen molar-refractivity contribution in [3.63, 3.8) is 0 Å². The van der Waals surface area contributed by atoms with Gasteiger partial charge in [0.25, 0.3) is 0 Å². The number of nitrogens with one attached hydrogen (secondary N) is 1. The van der Waals surface area contributed by atoms with Crippen LogP contribution in [0.2, 0.25) is 0 Å². The Balaban J connectivity index is 2.26. The topological polar surface area (TPSA) is 60.7 Å². The highest BCUT2D eigenvalue weighted by Crippen LogP contribution is 2.30. The number of morpholine rings is 1. The Labute approximate surface area is 134 Å². The molecule has 0 aromatic carbocycles. The summed E-state index contributed by atoms with van der Waals surface area (Å²) in [6.07, 6.45) is 8.50. The lowest BCUT2D eigenvalue weighted by atomic mass is 9.82. The second-order valence-corrected chi connectivity index (χ2v) is 7.40. The van der Waals surface area contributed by atoms with E-state index in [4.69, 9.17) is 9.73 Å². The molecule has 1 saturated carbocycles. The Morgan fingerprint density at radius 1 is 1.23 bits per heavy atom. The number of nitrogens with zero attached hydrogens (tertiary/aromatic N) is 3. The first kappa shape index (κ1) is 17.2. The lowest BCUT2D eigenvalue weighted by Crippen LogP contribution is -2.54. The highest BCUT2D eigenvalue weighted by molar-refractivity contribution is 5.89. The summed E-state index contributed by atoms with van der Waals surface area (Å²) < 4.78 is 5.51.